The maximum absolute atomic E-state index is 4.33. The molecule has 1 aromatic carbocycles. The van der Waals surface area contributed by atoms with Gasteiger partial charge in [-0.25, -0.2) is 0 Å². The number of hydrogen-bond donors (Lipinski definition) is 2. The van der Waals surface area contributed by atoms with Crippen LogP contribution in [-0.2, 0) is 6.54 Å². The van der Waals surface area contributed by atoms with Gasteiger partial charge in [-0.1, -0.05) is 35.9 Å². The lowest BCUT2D eigenvalue weighted by molar-refractivity contribution is 0.298. The van der Waals surface area contributed by atoms with Gasteiger partial charge in [0, 0.05) is 19.8 Å². The van der Waals surface area contributed by atoms with Crippen LogP contribution in [-0.4, -0.2) is 53.1 Å². The monoisotopic (exact) mass is 493 g/mol. The van der Waals surface area contributed by atoms with Gasteiger partial charge in [0.25, 0.3) is 0 Å². The lowest BCUT2D eigenvalue weighted by atomic mass is 10.0. The van der Waals surface area contributed by atoms with Gasteiger partial charge in [-0.05, 0) is 38.7 Å². The van der Waals surface area contributed by atoms with Crippen LogP contribution >= 0.6 is 24.0 Å². The van der Waals surface area contributed by atoms with E-state index in [4.69, 9.17) is 0 Å². The smallest absolute Gasteiger partial charge is 0.191 e. The first-order chi connectivity index (χ1) is 13.1. The molecular weight excluding hydrogens is 465 g/mol. The average molecular weight is 493 g/mol. The molecule has 0 radical (unpaired) electrons. The summed E-state index contributed by atoms with van der Waals surface area (Å²) in [6, 6.07) is 14.8. The van der Waals surface area contributed by atoms with Crippen LogP contribution in [0.5, 0.6) is 0 Å². The van der Waals surface area contributed by atoms with E-state index in [0.29, 0.717) is 6.54 Å². The molecule has 0 aliphatic heterocycles. The Morgan fingerprint density at radius 2 is 1.86 bits per heavy atom. The van der Waals surface area contributed by atoms with Gasteiger partial charge in [0.1, 0.15) is 0 Å². The number of aliphatic imine (C=N–C) groups is 1. The fourth-order valence-electron chi connectivity index (χ4n) is 2.98. The Morgan fingerprint density at radius 1 is 1.11 bits per heavy atom. The van der Waals surface area contributed by atoms with Crippen LogP contribution in [0.3, 0.4) is 0 Å². The zero-order chi connectivity index (χ0) is 19.2. The molecule has 0 spiro atoms. The van der Waals surface area contributed by atoms with E-state index in [1.165, 1.54) is 11.1 Å². The van der Waals surface area contributed by atoms with Crippen molar-refractivity contribution in [1.29, 1.82) is 0 Å². The molecule has 0 aliphatic carbocycles. The van der Waals surface area contributed by atoms with Gasteiger partial charge in [0.15, 0.2) is 17.4 Å². The lowest BCUT2D eigenvalue weighted by Crippen LogP contribution is -2.41. The molecule has 2 N–H and O–H groups in total. The topological polar surface area (TPSA) is 69.8 Å². The normalized spacial score (nSPS) is 12.7. The SMILES string of the molecule is CN=C(NCc1nnc2ccccn12)NCC(c1ccc(C)cc1)N(C)C.I. The summed E-state index contributed by atoms with van der Waals surface area (Å²) in [6.45, 7) is 3.39. The Balaban J connectivity index is 0.00000280. The molecule has 3 rings (SSSR count). The summed E-state index contributed by atoms with van der Waals surface area (Å²) in [5, 5.41) is 15.1. The highest BCUT2D eigenvalue weighted by Crippen LogP contribution is 2.17. The maximum Gasteiger partial charge on any atom is 0.191 e. The zero-order valence-electron chi connectivity index (χ0n) is 16.8. The summed E-state index contributed by atoms with van der Waals surface area (Å²) in [5.74, 6) is 1.58. The molecule has 2 aromatic heterocycles. The number of halogens is 1. The van der Waals surface area contributed by atoms with Crippen molar-refractivity contribution in [2.75, 3.05) is 27.7 Å². The lowest BCUT2D eigenvalue weighted by Gasteiger charge is -2.26. The van der Waals surface area contributed by atoms with Crippen molar-refractivity contribution < 1.29 is 0 Å². The van der Waals surface area contributed by atoms with E-state index in [1.807, 2.05) is 28.8 Å². The van der Waals surface area contributed by atoms with E-state index in [1.54, 1.807) is 7.05 Å². The number of benzene rings is 1. The van der Waals surface area contributed by atoms with Gasteiger partial charge in [0.05, 0.1) is 12.6 Å². The third-order valence-corrected chi connectivity index (χ3v) is 4.57. The second-order valence-corrected chi connectivity index (χ2v) is 6.74. The number of nitrogens with zero attached hydrogens (tertiary/aromatic N) is 5. The van der Waals surface area contributed by atoms with Gasteiger partial charge in [0.2, 0.25) is 0 Å². The second kappa shape index (κ2) is 10.4. The van der Waals surface area contributed by atoms with E-state index < -0.39 is 0 Å². The van der Waals surface area contributed by atoms with E-state index in [-0.39, 0.29) is 30.0 Å². The molecule has 0 amide bonds. The average Bonchev–Trinajstić information content (AvgIpc) is 3.09. The van der Waals surface area contributed by atoms with Gasteiger partial charge in [-0.15, -0.1) is 34.2 Å². The Hall–Kier alpha value is -2.20. The van der Waals surface area contributed by atoms with Crippen LogP contribution in [0.2, 0.25) is 0 Å². The quantitative estimate of drug-likeness (QED) is 0.314. The summed E-state index contributed by atoms with van der Waals surface area (Å²) in [4.78, 5) is 6.53. The highest BCUT2D eigenvalue weighted by molar-refractivity contribution is 14.0. The maximum atomic E-state index is 4.33. The van der Waals surface area contributed by atoms with Crippen LogP contribution in [0.15, 0.2) is 53.7 Å². The third-order valence-electron chi connectivity index (χ3n) is 4.57. The van der Waals surface area contributed by atoms with Crippen molar-refractivity contribution in [2.45, 2.75) is 19.5 Å². The Labute approximate surface area is 183 Å². The number of fused-ring (bicyclic) bond motifs is 1. The van der Waals surface area contributed by atoms with Crippen LogP contribution < -0.4 is 10.6 Å². The van der Waals surface area contributed by atoms with Crippen molar-refractivity contribution in [3.05, 3.63) is 65.6 Å². The third kappa shape index (κ3) is 5.41. The first-order valence-corrected chi connectivity index (χ1v) is 9.04. The van der Waals surface area contributed by atoms with E-state index in [9.17, 15) is 0 Å². The van der Waals surface area contributed by atoms with Gasteiger partial charge in [-0.2, -0.15) is 0 Å². The predicted octanol–water partition coefficient (Wildman–Crippen LogP) is 2.62. The van der Waals surface area contributed by atoms with Gasteiger partial charge >= 0.3 is 0 Å². The van der Waals surface area contributed by atoms with Crippen molar-refractivity contribution in [1.82, 2.24) is 30.1 Å². The molecule has 1 atom stereocenters. The molecule has 2 heterocycles. The first-order valence-electron chi connectivity index (χ1n) is 9.04. The summed E-state index contributed by atoms with van der Waals surface area (Å²) in [6.07, 6.45) is 1.96. The van der Waals surface area contributed by atoms with E-state index in [0.717, 1.165) is 24.0 Å². The van der Waals surface area contributed by atoms with Crippen LogP contribution in [0.1, 0.15) is 23.0 Å². The molecule has 0 aliphatic rings. The number of aromatic nitrogens is 3. The number of hydrogen-bond acceptors (Lipinski definition) is 4. The Bertz CT molecular complexity index is 902. The highest BCUT2D eigenvalue weighted by atomic mass is 127. The molecule has 0 bridgehead atoms. The first kappa shape index (κ1) is 22.1. The number of likely N-dealkylation sites (N-methyl/N-ethyl adjacent to an activating group) is 1. The van der Waals surface area contributed by atoms with Gasteiger partial charge < -0.3 is 15.5 Å². The van der Waals surface area contributed by atoms with Crippen LogP contribution in [0, 0.1) is 6.92 Å². The zero-order valence-corrected chi connectivity index (χ0v) is 19.1. The van der Waals surface area contributed by atoms with Crippen molar-refractivity contribution in [3.8, 4) is 0 Å². The Morgan fingerprint density at radius 3 is 2.54 bits per heavy atom. The van der Waals surface area contributed by atoms with Crippen molar-refractivity contribution in [3.63, 3.8) is 0 Å². The Kier molecular flexibility index (Phi) is 8.18. The summed E-state index contributed by atoms with van der Waals surface area (Å²) < 4.78 is 1.97. The number of rotatable bonds is 6. The fraction of sp³-hybridized carbons (Fsp3) is 0.350. The predicted molar refractivity (Wildman–Crippen MR) is 124 cm³/mol. The van der Waals surface area contributed by atoms with Crippen LogP contribution in [0.4, 0.5) is 0 Å². The molecule has 7 nitrogen and oxygen atoms in total. The van der Waals surface area contributed by atoms with Crippen molar-refractivity contribution >= 4 is 35.6 Å². The number of nitrogens with one attached hydrogen (secondary N) is 2. The standard InChI is InChI=1S/C20H27N7.HI/c1-15-8-10-16(11-9-15)17(26(3)4)13-22-20(21-2)23-14-19-25-24-18-7-5-6-12-27(18)19;/h5-12,17H,13-14H2,1-4H3,(H2,21,22,23);1H. The molecular formula is C20H28IN7. The van der Waals surface area contributed by atoms with Crippen LogP contribution in [0.25, 0.3) is 5.65 Å². The summed E-state index contributed by atoms with van der Waals surface area (Å²) in [7, 11) is 5.95. The highest BCUT2D eigenvalue weighted by Gasteiger charge is 2.15. The summed E-state index contributed by atoms with van der Waals surface area (Å²) >= 11 is 0. The molecule has 150 valence electrons. The molecule has 0 fully saturated rings. The minimum absolute atomic E-state index is 0. The van der Waals surface area contributed by atoms with Gasteiger partial charge in [-0.3, -0.25) is 9.39 Å². The summed E-state index contributed by atoms with van der Waals surface area (Å²) in [5.41, 5.74) is 3.38. The number of pyridine rings is 1. The van der Waals surface area contributed by atoms with E-state index in [2.05, 4.69) is 76.0 Å². The molecule has 1 unspecified atom stereocenters. The molecule has 0 saturated carbocycles. The number of guanidine groups is 1. The number of aryl methyl sites for hydroxylation is 1. The minimum Gasteiger partial charge on any atom is -0.354 e. The largest absolute Gasteiger partial charge is 0.354 e. The molecule has 0 saturated heterocycles. The van der Waals surface area contributed by atoms with Crippen molar-refractivity contribution in [2.24, 2.45) is 4.99 Å². The molecule has 3 aromatic rings. The second-order valence-electron chi connectivity index (χ2n) is 6.74. The molecule has 28 heavy (non-hydrogen) atoms. The fourth-order valence-corrected chi connectivity index (χ4v) is 2.98. The minimum atomic E-state index is 0. The molecule has 8 heteroatoms. The van der Waals surface area contributed by atoms with E-state index >= 15 is 0 Å².